The number of aliphatic carboxylic acids is 1. The molecule has 7 nitrogen and oxygen atoms in total. The molecular formula is C7H9N3O4S. The van der Waals surface area contributed by atoms with Crippen LogP contribution in [0.2, 0.25) is 0 Å². The number of carboxylic acids is 1. The van der Waals surface area contributed by atoms with Gasteiger partial charge in [0, 0.05) is 5.38 Å². The summed E-state index contributed by atoms with van der Waals surface area (Å²) >= 11 is 1.22. The summed E-state index contributed by atoms with van der Waals surface area (Å²) in [7, 11) is 0. The van der Waals surface area contributed by atoms with Crippen molar-refractivity contribution in [2.75, 3.05) is 11.4 Å². The van der Waals surface area contributed by atoms with E-state index in [1.54, 1.807) is 0 Å². The molecule has 0 fully saturated rings. The number of anilines is 1. The molecule has 1 aromatic rings. The van der Waals surface area contributed by atoms with E-state index in [1.807, 2.05) is 0 Å². The minimum Gasteiger partial charge on any atom is -0.480 e. The maximum Gasteiger partial charge on any atom is 0.413 e. The lowest BCUT2D eigenvalue weighted by molar-refractivity contribution is -0.138. The molecule has 1 amide bonds. The second-order valence-corrected chi connectivity index (χ2v) is 3.40. The van der Waals surface area contributed by atoms with Crippen LogP contribution in [0.5, 0.6) is 0 Å². The van der Waals surface area contributed by atoms with E-state index in [0.29, 0.717) is 0 Å². The number of thiazole rings is 1. The van der Waals surface area contributed by atoms with Gasteiger partial charge in [0.2, 0.25) is 0 Å². The van der Waals surface area contributed by atoms with Gasteiger partial charge in [-0.1, -0.05) is 0 Å². The smallest absolute Gasteiger partial charge is 0.413 e. The van der Waals surface area contributed by atoms with E-state index in [-0.39, 0.29) is 12.4 Å². The van der Waals surface area contributed by atoms with Gasteiger partial charge in [0.15, 0.2) is 0 Å². The van der Waals surface area contributed by atoms with Gasteiger partial charge < -0.3 is 15.9 Å². The molecule has 0 aliphatic heterocycles. The zero-order chi connectivity index (χ0) is 11.4. The van der Waals surface area contributed by atoms with E-state index >= 15 is 0 Å². The Hall–Kier alpha value is -1.67. The molecule has 0 radical (unpaired) electrons. The van der Waals surface area contributed by atoms with Gasteiger partial charge in [0.05, 0.1) is 12.1 Å². The molecule has 0 aliphatic rings. The molecule has 1 atom stereocenters. The summed E-state index contributed by atoms with van der Waals surface area (Å²) in [6, 6.07) is -1.26. The number of amides is 1. The number of nitrogens with two attached hydrogens (primary N) is 1. The van der Waals surface area contributed by atoms with Crippen molar-refractivity contribution >= 4 is 29.2 Å². The van der Waals surface area contributed by atoms with Gasteiger partial charge in [0.25, 0.3) is 0 Å². The Labute approximate surface area is 88.8 Å². The predicted molar refractivity (Wildman–Crippen MR) is 53.1 cm³/mol. The zero-order valence-electron chi connectivity index (χ0n) is 7.53. The topological polar surface area (TPSA) is 117 Å². The molecule has 15 heavy (non-hydrogen) atoms. The minimum absolute atomic E-state index is 0.184. The fraction of sp³-hybridized carbons (Fsp3) is 0.286. The average Bonchev–Trinajstić information content (AvgIpc) is 2.65. The Morgan fingerprint density at radius 2 is 2.27 bits per heavy atom. The van der Waals surface area contributed by atoms with Crippen LogP contribution in [0.3, 0.4) is 0 Å². The summed E-state index contributed by atoms with van der Waals surface area (Å²) in [4.78, 5) is 25.8. The van der Waals surface area contributed by atoms with Crippen molar-refractivity contribution in [3.05, 3.63) is 10.9 Å². The fourth-order valence-corrected chi connectivity index (χ4v) is 1.42. The maximum absolute atomic E-state index is 10.8. The normalized spacial score (nSPS) is 12.1. The molecule has 0 spiro atoms. The predicted octanol–water partition coefficient (Wildman–Crippen LogP) is 0.0394. The quantitative estimate of drug-likeness (QED) is 0.673. The molecule has 4 N–H and O–H groups in total. The molecule has 1 aromatic heterocycles. The Bertz CT molecular complexity index is 353. The SMILES string of the molecule is NC(CN(C(=O)O)c1cscn1)C(=O)O. The molecule has 0 bridgehead atoms. The van der Waals surface area contributed by atoms with E-state index in [1.165, 1.54) is 22.2 Å². The summed E-state index contributed by atoms with van der Waals surface area (Å²) in [6.45, 7) is -0.325. The first-order valence-electron chi connectivity index (χ1n) is 3.89. The van der Waals surface area contributed by atoms with Gasteiger partial charge in [-0.2, -0.15) is 0 Å². The van der Waals surface area contributed by atoms with E-state index in [4.69, 9.17) is 15.9 Å². The number of nitrogens with zero attached hydrogens (tertiary/aromatic N) is 2. The van der Waals surface area contributed by atoms with E-state index in [9.17, 15) is 9.59 Å². The van der Waals surface area contributed by atoms with E-state index in [2.05, 4.69) is 4.98 Å². The van der Waals surface area contributed by atoms with Crippen LogP contribution in [0.25, 0.3) is 0 Å². The van der Waals surface area contributed by atoms with Crippen molar-refractivity contribution in [2.24, 2.45) is 5.73 Å². The third-order valence-electron chi connectivity index (χ3n) is 1.62. The number of carboxylic acid groups (broad SMARTS) is 2. The molecule has 82 valence electrons. The fourth-order valence-electron chi connectivity index (χ4n) is 0.884. The van der Waals surface area contributed by atoms with Crippen LogP contribution < -0.4 is 10.6 Å². The lowest BCUT2D eigenvalue weighted by Gasteiger charge is -2.18. The molecule has 0 aliphatic carbocycles. The van der Waals surface area contributed by atoms with Crippen LogP contribution in [0.4, 0.5) is 10.6 Å². The first-order chi connectivity index (χ1) is 7.02. The van der Waals surface area contributed by atoms with Crippen molar-refractivity contribution in [3.63, 3.8) is 0 Å². The Balaban J connectivity index is 2.77. The first-order valence-corrected chi connectivity index (χ1v) is 4.83. The average molecular weight is 231 g/mol. The number of aromatic nitrogens is 1. The Morgan fingerprint density at radius 1 is 1.60 bits per heavy atom. The summed E-state index contributed by atoms with van der Waals surface area (Å²) in [5, 5.41) is 18.9. The molecule has 1 heterocycles. The summed E-state index contributed by atoms with van der Waals surface area (Å²) in [6.07, 6.45) is -1.28. The molecule has 1 rings (SSSR count). The highest BCUT2D eigenvalue weighted by Crippen LogP contribution is 2.14. The van der Waals surface area contributed by atoms with Crippen LogP contribution in [0.1, 0.15) is 0 Å². The Morgan fingerprint density at radius 3 is 2.67 bits per heavy atom. The van der Waals surface area contributed by atoms with E-state index < -0.39 is 18.1 Å². The van der Waals surface area contributed by atoms with Gasteiger partial charge >= 0.3 is 12.1 Å². The van der Waals surface area contributed by atoms with Crippen LogP contribution in [0, 0.1) is 0 Å². The summed E-state index contributed by atoms with van der Waals surface area (Å²) < 4.78 is 0. The summed E-state index contributed by atoms with van der Waals surface area (Å²) in [5.41, 5.74) is 6.69. The minimum atomic E-state index is -1.28. The van der Waals surface area contributed by atoms with E-state index in [0.717, 1.165) is 4.90 Å². The van der Waals surface area contributed by atoms with Gasteiger partial charge in [-0.05, 0) is 0 Å². The van der Waals surface area contributed by atoms with Crippen molar-refractivity contribution < 1.29 is 19.8 Å². The molecule has 0 saturated carbocycles. The highest BCUT2D eigenvalue weighted by Gasteiger charge is 2.22. The number of rotatable bonds is 4. The van der Waals surface area contributed by atoms with Crippen molar-refractivity contribution in [1.29, 1.82) is 0 Å². The lowest BCUT2D eigenvalue weighted by Crippen LogP contribution is -2.45. The highest BCUT2D eigenvalue weighted by molar-refractivity contribution is 7.07. The molecule has 1 unspecified atom stereocenters. The number of carbonyl (C=O) groups is 2. The largest absolute Gasteiger partial charge is 0.480 e. The number of hydrogen-bond donors (Lipinski definition) is 3. The number of hydrogen-bond acceptors (Lipinski definition) is 5. The third kappa shape index (κ3) is 2.89. The van der Waals surface area contributed by atoms with Gasteiger partial charge in [-0.25, -0.2) is 9.78 Å². The zero-order valence-corrected chi connectivity index (χ0v) is 8.35. The van der Waals surface area contributed by atoms with Crippen LogP contribution in [-0.2, 0) is 4.79 Å². The maximum atomic E-state index is 10.8. The van der Waals surface area contributed by atoms with Crippen molar-refractivity contribution in [2.45, 2.75) is 6.04 Å². The van der Waals surface area contributed by atoms with Gasteiger partial charge in [-0.3, -0.25) is 9.69 Å². The monoisotopic (exact) mass is 231 g/mol. The summed E-state index contributed by atoms with van der Waals surface area (Å²) in [5.74, 6) is -1.07. The standard InChI is InChI=1S/C7H9N3O4S/c8-4(6(11)12)1-10(7(13)14)5-2-15-3-9-5/h2-4H,1,8H2,(H,11,12)(H,13,14). The molecule has 0 saturated heterocycles. The second-order valence-electron chi connectivity index (χ2n) is 2.68. The van der Waals surface area contributed by atoms with Crippen molar-refractivity contribution in [3.8, 4) is 0 Å². The Kier molecular flexibility index (Phi) is 3.58. The van der Waals surface area contributed by atoms with Crippen LogP contribution in [-0.4, -0.2) is 39.8 Å². The lowest BCUT2D eigenvalue weighted by atomic mass is 10.3. The van der Waals surface area contributed by atoms with Gasteiger partial charge in [-0.15, -0.1) is 11.3 Å². The first kappa shape index (κ1) is 11.4. The highest BCUT2D eigenvalue weighted by atomic mass is 32.1. The molecular weight excluding hydrogens is 222 g/mol. The van der Waals surface area contributed by atoms with Crippen LogP contribution >= 0.6 is 11.3 Å². The second kappa shape index (κ2) is 4.71. The molecule has 8 heteroatoms. The van der Waals surface area contributed by atoms with Crippen LogP contribution in [0.15, 0.2) is 10.9 Å². The molecule has 0 aromatic carbocycles. The van der Waals surface area contributed by atoms with Gasteiger partial charge in [0.1, 0.15) is 11.9 Å². The third-order valence-corrected chi connectivity index (χ3v) is 2.20. The van der Waals surface area contributed by atoms with Crippen molar-refractivity contribution in [1.82, 2.24) is 4.98 Å².